The lowest BCUT2D eigenvalue weighted by atomic mass is 10.2. The summed E-state index contributed by atoms with van der Waals surface area (Å²) in [6, 6.07) is 9.88. The monoisotopic (exact) mass is 192 g/mol. The zero-order valence-corrected chi connectivity index (χ0v) is 8.39. The highest BCUT2D eigenvalue weighted by atomic mass is 16.5. The van der Waals surface area contributed by atoms with Gasteiger partial charge >= 0.3 is 0 Å². The van der Waals surface area contributed by atoms with Gasteiger partial charge in [0.2, 0.25) is 0 Å². The van der Waals surface area contributed by atoms with E-state index in [0.717, 1.165) is 5.56 Å². The van der Waals surface area contributed by atoms with Crippen LogP contribution in [0.4, 0.5) is 0 Å². The summed E-state index contributed by atoms with van der Waals surface area (Å²) < 4.78 is 5.46. The van der Waals surface area contributed by atoms with Crippen molar-refractivity contribution in [1.82, 2.24) is 0 Å². The van der Waals surface area contributed by atoms with Crippen LogP contribution < -0.4 is 0 Å². The summed E-state index contributed by atoms with van der Waals surface area (Å²) in [6.07, 6.45) is 0.668. The summed E-state index contributed by atoms with van der Waals surface area (Å²) in [5, 5.41) is 9.36. The summed E-state index contributed by atoms with van der Waals surface area (Å²) in [7, 11) is 0. The molecule has 1 N–H and O–H groups in total. The number of hydrogen-bond donors (Lipinski definition) is 1. The van der Waals surface area contributed by atoms with E-state index in [0.29, 0.717) is 6.61 Å². The Kier molecular flexibility index (Phi) is 4.36. The number of aliphatic hydroxyl groups is 1. The second kappa shape index (κ2) is 5.58. The minimum Gasteiger partial charge on any atom is -0.386 e. The Morgan fingerprint density at radius 1 is 1.43 bits per heavy atom. The van der Waals surface area contributed by atoms with Crippen LogP contribution >= 0.6 is 0 Å². The van der Waals surface area contributed by atoms with E-state index < -0.39 is 6.10 Å². The Balaban J connectivity index is 2.37. The Hall–Kier alpha value is -1.12. The van der Waals surface area contributed by atoms with Gasteiger partial charge in [-0.2, -0.15) is 0 Å². The molecule has 1 aromatic rings. The average molecular weight is 192 g/mol. The topological polar surface area (TPSA) is 29.5 Å². The predicted octanol–water partition coefficient (Wildman–Crippen LogP) is 2.14. The van der Waals surface area contributed by atoms with Gasteiger partial charge in [-0.05, 0) is 12.5 Å². The van der Waals surface area contributed by atoms with Crippen molar-refractivity contribution in [2.45, 2.75) is 25.7 Å². The van der Waals surface area contributed by atoms with Crippen molar-refractivity contribution >= 4 is 0 Å². The van der Waals surface area contributed by atoms with Gasteiger partial charge in [-0.25, -0.2) is 0 Å². The van der Waals surface area contributed by atoms with Gasteiger partial charge in [0.05, 0.1) is 18.8 Å². The van der Waals surface area contributed by atoms with Crippen molar-refractivity contribution in [3.63, 3.8) is 0 Å². The first-order valence-electron chi connectivity index (χ1n) is 4.70. The van der Waals surface area contributed by atoms with E-state index in [9.17, 15) is 5.11 Å². The highest BCUT2D eigenvalue weighted by Crippen LogP contribution is 2.06. The fourth-order valence-electron chi connectivity index (χ4n) is 1.09. The van der Waals surface area contributed by atoms with Gasteiger partial charge in [0, 0.05) is 0 Å². The summed E-state index contributed by atoms with van der Waals surface area (Å²) in [5.74, 6) is 0. The lowest BCUT2D eigenvalue weighted by molar-refractivity contribution is -0.0151. The molecule has 0 fully saturated rings. The van der Waals surface area contributed by atoms with Crippen molar-refractivity contribution in [2.24, 2.45) is 0 Å². The molecule has 14 heavy (non-hydrogen) atoms. The van der Waals surface area contributed by atoms with Crippen molar-refractivity contribution in [3.8, 4) is 0 Å². The molecule has 0 heterocycles. The van der Waals surface area contributed by atoms with Crippen LogP contribution in [0, 0.1) is 0 Å². The van der Waals surface area contributed by atoms with Gasteiger partial charge in [-0.1, -0.05) is 36.4 Å². The molecule has 0 amide bonds. The molecule has 0 radical (unpaired) electrons. The van der Waals surface area contributed by atoms with E-state index in [1.54, 1.807) is 0 Å². The van der Waals surface area contributed by atoms with Crippen LogP contribution in [0.25, 0.3) is 0 Å². The first-order chi connectivity index (χ1) is 6.74. The smallest absolute Gasteiger partial charge is 0.0977 e. The average Bonchev–Trinajstić information content (AvgIpc) is 2.26. The second-order valence-corrected chi connectivity index (χ2v) is 3.23. The van der Waals surface area contributed by atoms with E-state index in [1.807, 2.05) is 37.3 Å². The third-order valence-electron chi connectivity index (χ3n) is 2.08. The fourth-order valence-corrected chi connectivity index (χ4v) is 1.09. The molecular weight excluding hydrogens is 176 g/mol. The molecule has 0 spiro atoms. The van der Waals surface area contributed by atoms with Crippen LogP contribution in [0.3, 0.4) is 0 Å². The maximum atomic E-state index is 9.36. The molecule has 2 heteroatoms. The van der Waals surface area contributed by atoms with E-state index >= 15 is 0 Å². The maximum Gasteiger partial charge on any atom is 0.0977 e. The molecule has 0 saturated heterocycles. The molecule has 0 aliphatic carbocycles. The van der Waals surface area contributed by atoms with Gasteiger partial charge in [-0.15, -0.1) is 6.58 Å². The van der Waals surface area contributed by atoms with Crippen LogP contribution in [-0.4, -0.2) is 17.3 Å². The zero-order valence-electron chi connectivity index (χ0n) is 8.39. The Morgan fingerprint density at radius 3 is 2.64 bits per heavy atom. The number of aliphatic hydroxyl groups excluding tert-OH is 1. The SMILES string of the molecule is C=C[C@H](O)[C@@H](C)OCc1ccccc1. The number of ether oxygens (including phenoxy) is 1. The second-order valence-electron chi connectivity index (χ2n) is 3.23. The van der Waals surface area contributed by atoms with Crippen LogP contribution in [0.5, 0.6) is 0 Å². The van der Waals surface area contributed by atoms with Crippen molar-refractivity contribution in [2.75, 3.05) is 0 Å². The molecule has 2 atom stereocenters. The maximum absolute atomic E-state index is 9.36. The van der Waals surface area contributed by atoms with Crippen LogP contribution in [0.1, 0.15) is 12.5 Å². The lowest BCUT2D eigenvalue weighted by Gasteiger charge is -2.16. The van der Waals surface area contributed by atoms with Gasteiger partial charge in [0.1, 0.15) is 0 Å². The molecule has 0 saturated carbocycles. The molecule has 0 bridgehead atoms. The van der Waals surface area contributed by atoms with Gasteiger partial charge in [-0.3, -0.25) is 0 Å². The third-order valence-corrected chi connectivity index (χ3v) is 2.08. The van der Waals surface area contributed by atoms with Crippen LogP contribution in [0.2, 0.25) is 0 Å². The quantitative estimate of drug-likeness (QED) is 0.724. The Labute approximate surface area is 84.8 Å². The molecule has 76 valence electrons. The molecule has 0 aliphatic rings. The van der Waals surface area contributed by atoms with E-state index in [4.69, 9.17) is 4.74 Å². The van der Waals surface area contributed by atoms with Crippen LogP contribution in [-0.2, 0) is 11.3 Å². The normalized spacial score (nSPS) is 14.7. The first kappa shape index (κ1) is 11.0. The van der Waals surface area contributed by atoms with E-state index in [-0.39, 0.29) is 6.10 Å². The van der Waals surface area contributed by atoms with E-state index in [1.165, 1.54) is 6.08 Å². The molecule has 1 aromatic carbocycles. The minimum atomic E-state index is -0.598. The zero-order chi connectivity index (χ0) is 10.4. The molecule has 2 nitrogen and oxygen atoms in total. The van der Waals surface area contributed by atoms with Crippen molar-refractivity contribution < 1.29 is 9.84 Å². The standard InChI is InChI=1S/C12H16O2/c1-3-12(13)10(2)14-9-11-7-5-4-6-8-11/h3-8,10,12-13H,1,9H2,2H3/t10-,12+/m1/s1. The summed E-state index contributed by atoms with van der Waals surface area (Å²) >= 11 is 0. The predicted molar refractivity (Wildman–Crippen MR) is 56.9 cm³/mol. The molecule has 0 unspecified atom stereocenters. The fraction of sp³-hybridized carbons (Fsp3) is 0.333. The number of rotatable bonds is 5. The van der Waals surface area contributed by atoms with Crippen molar-refractivity contribution in [1.29, 1.82) is 0 Å². The lowest BCUT2D eigenvalue weighted by Crippen LogP contribution is -2.23. The number of benzene rings is 1. The Bertz CT molecular complexity index is 269. The summed E-state index contributed by atoms with van der Waals surface area (Å²) in [4.78, 5) is 0. The van der Waals surface area contributed by atoms with Gasteiger partial charge in [0.15, 0.2) is 0 Å². The van der Waals surface area contributed by atoms with Crippen LogP contribution in [0.15, 0.2) is 43.0 Å². The van der Waals surface area contributed by atoms with Gasteiger partial charge < -0.3 is 9.84 Å². The third kappa shape index (κ3) is 3.32. The molecule has 0 aromatic heterocycles. The molecular formula is C12H16O2. The Morgan fingerprint density at radius 2 is 2.07 bits per heavy atom. The largest absolute Gasteiger partial charge is 0.386 e. The highest BCUT2D eigenvalue weighted by Gasteiger charge is 2.10. The number of hydrogen-bond acceptors (Lipinski definition) is 2. The first-order valence-corrected chi connectivity index (χ1v) is 4.70. The van der Waals surface area contributed by atoms with Gasteiger partial charge in [0.25, 0.3) is 0 Å². The van der Waals surface area contributed by atoms with Crippen molar-refractivity contribution in [3.05, 3.63) is 48.6 Å². The summed E-state index contributed by atoms with van der Waals surface area (Å²) in [5.41, 5.74) is 1.11. The van der Waals surface area contributed by atoms with E-state index in [2.05, 4.69) is 6.58 Å². The minimum absolute atomic E-state index is 0.215. The summed E-state index contributed by atoms with van der Waals surface area (Å²) in [6.45, 7) is 5.86. The highest BCUT2D eigenvalue weighted by molar-refractivity contribution is 5.13. The molecule has 1 rings (SSSR count). The molecule has 0 aliphatic heterocycles.